The zero-order valence-electron chi connectivity index (χ0n) is 12.3. The highest BCUT2D eigenvalue weighted by Gasteiger charge is 2.17. The Bertz CT molecular complexity index is 175. The lowest BCUT2D eigenvalue weighted by Gasteiger charge is -2.26. The minimum atomic E-state index is 0.791. The van der Waals surface area contributed by atoms with E-state index in [0.29, 0.717) is 0 Å². The second kappa shape index (κ2) is 8.10. The maximum atomic E-state index is 3.67. The molecule has 0 aromatic heterocycles. The Labute approximate surface area is 108 Å². The fourth-order valence-corrected chi connectivity index (χ4v) is 2.99. The second-order valence-corrected chi connectivity index (χ2v) is 6.36. The van der Waals surface area contributed by atoms with E-state index in [1.165, 1.54) is 45.4 Å². The molecule has 1 heterocycles. The molecule has 2 N–H and O–H groups in total. The Balaban J connectivity index is 2.09. The molecule has 1 atom stereocenters. The first-order valence-corrected chi connectivity index (χ1v) is 7.52. The van der Waals surface area contributed by atoms with Crippen molar-refractivity contribution in [2.24, 2.45) is 23.7 Å². The first kappa shape index (κ1) is 15.0. The van der Waals surface area contributed by atoms with Crippen LogP contribution >= 0.6 is 0 Å². The van der Waals surface area contributed by atoms with Gasteiger partial charge in [-0.05, 0) is 69.1 Å². The van der Waals surface area contributed by atoms with Gasteiger partial charge in [-0.3, -0.25) is 0 Å². The van der Waals surface area contributed by atoms with E-state index < -0.39 is 0 Å². The topological polar surface area (TPSA) is 24.1 Å². The van der Waals surface area contributed by atoms with Gasteiger partial charge in [-0.2, -0.15) is 0 Å². The maximum Gasteiger partial charge on any atom is -0.00156 e. The fourth-order valence-electron chi connectivity index (χ4n) is 2.99. The number of piperidine rings is 1. The molecule has 102 valence electrons. The van der Waals surface area contributed by atoms with Crippen LogP contribution in [-0.2, 0) is 0 Å². The first-order chi connectivity index (χ1) is 8.11. The third kappa shape index (κ3) is 5.87. The average Bonchev–Trinajstić information content (AvgIpc) is 2.29. The highest BCUT2D eigenvalue weighted by atomic mass is 14.9. The minimum absolute atomic E-state index is 0.791. The summed E-state index contributed by atoms with van der Waals surface area (Å²) < 4.78 is 0. The van der Waals surface area contributed by atoms with Crippen molar-refractivity contribution in [2.45, 2.75) is 47.0 Å². The normalized spacial score (nSPS) is 21.7. The zero-order chi connectivity index (χ0) is 12.7. The predicted molar refractivity (Wildman–Crippen MR) is 76.2 cm³/mol. The summed E-state index contributed by atoms with van der Waals surface area (Å²) in [5.74, 6) is 3.31. The molecule has 1 aliphatic heterocycles. The molecule has 0 saturated carbocycles. The van der Waals surface area contributed by atoms with Gasteiger partial charge in [0.15, 0.2) is 0 Å². The molecule has 1 saturated heterocycles. The molecule has 0 aliphatic carbocycles. The molecule has 0 bridgehead atoms. The number of rotatable bonds is 7. The average molecular weight is 240 g/mol. The van der Waals surface area contributed by atoms with Gasteiger partial charge < -0.3 is 10.6 Å². The van der Waals surface area contributed by atoms with E-state index in [9.17, 15) is 0 Å². The largest absolute Gasteiger partial charge is 0.316 e. The van der Waals surface area contributed by atoms with Crippen molar-refractivity contribution in [1.29, 1.82) is 0 Å². The Hall–Kier alpha value is -0.0800. The second-order valence-electron chi connectivity index (χ2n) is 6.36. The summed E-state index contributed by atoms with van der Waals surface area (Å²) in [5, 5.41) is 7.16. The van der Waals surface area contributed by atoms with Crippen LogP contribution in [0.3, 0.4) is 0 Å². The van der Waals surface area contributed by atoms with Gasteiger partial charge in [0.25, 0.3) is 0 Å². The van der Waals surface area contributed by atoms with Gasteiger partial charge in [0.05, 0.1) is 0 Å². The van der Waals surface area contributed by atoms with Crippen LogP contribution in [0.2, 0.25) is 0 Å². The van der Waals surface area contributed by atoms with Gasteiger partial charge in [0, 0.05) is 0 Å². The number of nitrogens with one attached hydrogen (secondary N) is 2. The SMILES string of the molecule is CC(C)C(CNCCC1CCCNC1)C(C)C. The van der Waals surface area contributed by atoms with Gasteiger partial charge in [-0.1, -0.05) is 27.7 Å². The fraction of sp³-hybridized carbons (Fsp3) is 1.00. The lowest BCUT2D eigenvalue weighted by molar-refractivity contribution is 0.270. The zero-order valence-corrected chi connectivity index (χ0v) is 12.3. The molecule has 0 radical (unpaired) electrons. The van der Waals surface area contributed by atoms with Crippen LogP contribution in [0.25, 0.3) is 0 Å². The van der Waals surface area contributed by atoms with Crippen LogP contribution in [0.5, 0.6) is 0 Å². The number of hydrogen-bond acceptors (Lipinski definition) is 2. The summed E-state index contributed by atoms with van der Waals surface area (Å²) >= 11 is 0. The molecule has 1 aliphatic rings. The van der Waals surface area contributed by atoms with Crippen molar-refractivity contribution in [2.75, 3.05) is 26.2 Å². The number of hydrogen-bond donors (Lipinski definition) is 2. The molecule has 1 rings (SSSR count). The van der Waals surface area contributed by atoms with E-state index in [2.05, 4.69) is 38.3 Å². The van der Waals surface area contributed by atoms with Crippen LogP contribution in [0, 0.1) is 23.7 Å². The van der Waals surface area contributed by atoms with E-state index in [4.69, 9.17) is 0 Å². The molecule has 0 amide bonds. The molecule has 0 spiro atoms. The third-order valence-electron chi connectivity index (χ3n) is 4.22. The van der Waals surface area contributed by atoms with Crippen LogP contribution in [0.1, 0.15) is 47.0 Å². The van der Waals surface area contributed by atoms with Crippen LogP contribution in [-0.4, -0.2) is 26.2 Å². The molecular formula is C15H32N2. The van der Waals surface area contributed by atoms with Gasteiger partial charge >= 0.3 is 0 Å². The van der Waals surface area contributed by atoms with Crippen molar-refractivity contribution in [1.82, 2.24) is 10.6 Å². The Morgan fingerprint density at radius 1 is 1.18 bits per heavy atom. The van der Waals surface area contributed by atoms with E-state index >= 15 is 0 Å². The summed E-state index contributed by atoms with van der Waals surface area (Å²) in [6.07, 6.45) is 4.13. The van der Waals surface area contributed by atoms with Crippen molar-refractivity contribution in [3.8, 4) is 0 Å². The Kier molecular flexibility index (Phi) is 7.14. The third-order valence-corrected chi connectivity index (χ3v) is 4.22. The molecule has 0 aromatic rings. The van der Waals surface area contributed by atoms with Crippen molar-refractivity contribution < 1.29 is 0 Å². The van der Waals surface area contributed by atoms with Crippen LogP contribution < -0.4 is 10.6 Å². The summed E-state index contributed by atoms with van der Waals surface area (Å²) in [5.41, 5.74) is 0. The molecule has 2 heteroatoms. The maximum absolute atomic E-state index is 3.67. The van der Waals surface area contributed by atoms with E-state index in [1.54, 1.807) is 0 Å². The lowest BCUT2D eigenvalue weighted by Crippen LogP contribution is -2.34. The first-order valence-electron chi connectivity index (χ1n) is 7.52. The summed E-state index contributed by atoms with van der Waals surface area (Å²) in [4.78, 5) is 0. The quantitative estimate of drug-likeness (QED) is 0.669. The molecule has 0 aromatic carbocycles. The molecular weight excluding hydrogens is 208 g/mol. The Morgan fingerprint density at radius 2 is 1.88 bits per heavy atom. The van der Waals surface area contributed by atoms with Gasteiger partial charge in [-0.15, -0.1) is 0 Å². The van der Waals surface area contributed by atoms with Crippen LogP contribution in [0.15, 0.2) is 0 Å². The smallest absolute Gasteiger partial charge is 0.00156 e. The van der Waals surface area contributed by atoms with E-state index in [1.807, 2.05) is 0 Å². The summed E-state index contributed by atoms with van der Waals surface area (Å²) in [6.45, 7) is 14.2. The van der Waals surface area contributed by atoms with Gasteiger partial charge in [0.1, 0.15) is 0 Å². The van der Waals surface area contributed by atoms with Gasteiger partial charge in [0.2, 0.25) is 0 Å². The lowest BCUT2D eigenvalue weighted by atomic mass is 9.85. The summed E-state index contributed by atoms with van der Waals surface area (Å²) in [7, 11) is 0. The summed E-state index contributed by atoms with van der Waals surface area (Å²) in [6, 6.07) is 0. The highest BCUT2D eigenvalue weighted by molar-refractivity contribution is 4.72. The van der Waals surface area contributed by atoms with Crippen molar-refractivity contribution in [3.63, 3.8) is 0 Å². The van der Waals surface area contributed by atoms with Crippen molar-refractivity contribution >= 4 is 0 Å². The van der Waals surface area contributed by atoms with Crippen molar-refractivity contribution in [3.05, 3.63) is 0 Å². The van der Waals surface area contributed by atoms with E-state index in [0.717, 1.165) is 23.7 Å². The molecule has 2 nitrogen and oxygen atoms in total. The predicted octanol–water partition coefficient (Wildman–Crippen LogP) is 2.89. The van der Waals surface area contributed by atoms with E-state index in [-0.39, 0.29) is 0 Å². The molecule has 1 unspecified atom stereocenters. The Morgan fingerprint density at radius 3 is 2.41 bits per heavy atom. The van der Waals surface area contributed by atoms with Crippen LogP contribution in [0.4, 0.5) is 0 Å². The highest BCUT2D eigenvalue weighted by Crippen LogP contribution is 2.19. The molecule has 17 heavy (non-hydrogen) atoms. The standard InChI is InChI=1S/C15H32N2/c1-12(2)15(13(3)4)11-17-9-7-14-6-5-8-16-10-14/h12-17H,5-11H2,1-4H3. The molecule has 1 fully saturated rings. The minimum Gasteiger partial charge on any atom is -0.316 e. The van der Waals surface area contributed by atoms with Gasteiger partial charge in [-0.25, -0.2) is 0 Å². The monoisotopic (exact) mass is 240 g/mol.